The second kappa shape index (κ2) is 7.96. The van der Waals surface area contributed by atoms with Gasteiger partial charge in [-0.3, -0.25) is 4.79 Å². The van der Waals surface area contributed by atoms with E-state index in [1.807, 2.05) is 30.3 Å². The Morgan fingerprint density at radius 2 is 1.43 bits per heavy atom. The van der Waals surface area contributed by atoms with E-state index in [1.54, 1.807) is 0 Å². The highest BCUT2D eigenvalue weighted by Gasteiger charge is 2.11. The quantitative estimate of drug-likeness (QED) is 0.684. The first kappa shape index (κ1) is 17.3. The summed E-state index contributed by atoms with van der Waals surface area (Å²) < 4.78 is 5.39. The van der Waals surface area contributed by atoms with Gasteiger partial charge in [-0.05, 0) is 34.1 Å². The Bertz CT molecular complexity index is 616. The first-order valence-electron chi connectivity index (χ1n) is 8.29. The van der Waals surface area contributed by atoms with E-state index in [4.69, 9.17) is 4.74 Å². The standard InChI is InChI=1S/C21H26O2/c1-15(2)19-10-18(11-20(13-19)16(3)4)12-21(22)23-14-17-8-6-5-7-9-17/h5-11,13,15-16H,12,14H2,1-4H3. The molecule has 0 fully saturated rings. The average Bonchev–Trinajstić information content (AvgIpc) is 2.53. The molecule has 0 saturated heterocycles. The second-order valence-electron chi connectivity index (χ2n) is 6.64. The van der Waals surface area contributed by atoms with Gasteiger partial charge < -0.3 is 4.74 Å². The van der Waals surface area contributed by atoms with Gasteiger partial charge in [-0.1, -0.05) is 76.2 Å². The van der Waals surface area contributed by atoms with E-state index in [9.17, 15) is 4.79 Å². The van der Waals surface area contributed by atoms with E-state index >= 15 is 0 Å². The molecule has 2 aromatic carbocycles. The number of hydrogen-bond acceptors (Lipinski definition) is 2. The normalized spacial score (nSPS) is 11.0. The minimum atomic E-state index is -0.176. The van der Waals surface area contributed by atoms with Crippen LogP contribution < -0.4 is 0 Å². The summed E-state index contributed by atoms with van der Waals surface area (Å²) in [5, 5.41) is 0. The maximum atomic E-state index is 12.1. The number of carbonyl (C=O) groups excluding carboxylic acids is 1. The summed E-state index contributed by atoms with van der Waals surface area (Å²) in [5.74, 6) is 0.727. The van der Waals surface area contributed by atoms with Crippen molar-refractivity contribution in [2.24, 2.45) is 0 Å². The van der Waals surface area contributed by atoms with Gasteiger partial charge in [0.05, 0.1) is 6.42 Å². The van der Waals surface area contributed by atoms with E-state index in [1.165, 1.54) is 11.1 Å². The summed E-state index contributed by atoms with van der Waals surface area (Å²) in [7, 11) is 0. The number of hydrogen-bond donors (Lipinski definition) is 0. The van der Waals surface area contributed by atoms with Gasteiger partial charge in [0.2, 0.25) is 0 Å². The largest absolute Gasteiger partial charge is 0.461 e. The van der Waals surface area contributed by atoms with E-state index < -0.39 is 0 Å². The molecule has 0 aromatic heterocycles. The van der Waals surface area contributed by atoms with Crippen LogP contribution in [-0.2, 0) is 22.6 Å². The smallest absolute Gasteiger partial charge is 0.310 e. The average molecular weight is 310 g/mol. The third-order valence-corrected chi connectivity index (χ3v) is 3.96. The lowest BCUT2D eigenvalue weighted by molar-refractivity contribution is -0.144. The van der Waals surface area contributed by atoms with Crippen LogP contribution in [0.2, 0.25) is 0 Å². The highest BCUT2D eigenvalue weighted by molar-refractivity contribution is 5.72. The number of esters is 1. The molecule has 122 valence electrons. The molecule has 0 aliphatic carbocycles. The van der Waals surface area contributed by atoms with Gasteiger partial charge in [0.25, 0.3) is 0 Å². The molecule has 0 spiro atoms. The molecule has 0 unspecified atom stereocenters. The first-order chi connectivity index (χ1) is 11.0. The van der Waals surface area contributed by atoms with Crippen LogP contribution in [0.15, 0.2) is 48.5 Å². The van der Waals surface area contributed by atoms with Crippen molar-refractivity contribution >= 4 is 5.97 Å². The van der Waals surface area contributed by atoms with Crippen LogP contribution in [0.25, 0.3) is 0 Å². The molecular weight excluding hydrogens is 284 g/mol. The van der Waals surface area contributed by atoms with Gasteiger partial charge in [0, 0.05) is 0 Å². The summed E-state index contributed by atoms with van der Waals surface area (Å²) in [5.41, 5.74) is 4.61. The highest BCUT2D eigenvalue weighted by Crippen LogP contribution is 2.24. The van der Waals surface area contributed by atoms with E-state index in [2.05, 4.69) is 45.9 Å². The fourth-order valence-corrected chi connectivity index (χ4v) is 2.47. The maximum absolute atomic E-state index is 12.1. The molecule has 0 amide bonds. The van der Waals surface area contributed by atoms with Gasteiger partial charge in [0.15, 0.2) is 0 Å². The SMILES string of the molecule is CC(C)c1cc(CC(=O)OCc2ccccc2)cc(C(C)C)c1. The topological polar surface area (TPSA) is 26.3 Å². The molecule has 23 heavy (non-hydrogen) atoms. The van der Waals surface area contributed by atoms with Crippen molar-refractivity contribution in [3.63, 3.8) is 0 Å². The maximum Gasteiger partial charge on any atom is 0.310 e. The van der Waals surface area contributed by atoms with Gasteiger partial charge in [-0.25, -0.2) is 0 Å². The Morgan fingerprint density at radius 3 is 1.96 bits per heavy atom. The lowest BCUT2D eigenvalue weighted by atomic mass is 9.92. The van der Waals surface area contributed by atoms with Gasteiger partial charge in [0.1, 0.15) is 6.61 Å². The van der Waals surface area contributed by atoms with Crippen molar-refractivity contribution in [1.29, 1.82) is 0 Å². The third-order valence-electron chi connectivity index (χ3n) is 3.96. The summed E-state index contributed by atoms with van der Waals surface area (Å²) in [6.07, 6.45) is 0.327. The van der Waals surface area contributed by atoms with Crippen molar-refractivity contribution in [2.45, 2.75) is 52.6 Å². The van der Waals surface area contributed by atoms with E-state index in [0.717, 1.165) is 11.1 Å². The zero-order chi connectivity index (χ0) is 16.8. The zero-order valence-electron chi connectivity index (χ0n) is 14.5. The van der Waals surface area contributed by atoms with E-state index in [-0.39, 0.29) is 5.97 Å². The molecule has 2 nitrogen and oxygen atoms in total. The number of ether oxygens (including phenoxy) is 1. The van der Waals surface area contributed by atoms with E-state index in [0.29, 0.717) is 24.9 Å². The Hall–Kier alpha value is -2.09. The molecular formula is C21H26O2. The predicted molar refractivity (Wildman–Crippen MR) is 94.6 cm³/mol. The summed E-state index contributed by atoms with van der Waals surface area (Å²) >= 11 is 0. The van der Waals surface area contributed by atoms with Gasteiger partial charge >= 0.3 is 5.97 Å². The minimum Gasteiger partial charge on any atom is -0.461 e. The van der Waals surface area contributed by atoms with Gasteiger partial charge in [-0.15, -0.1) is 0 Å². The van der Waals surface area contributed by atoms with Crippen LogP contribution in [-0.4, -0.2) is 5.97 Å². The number of rotatable bonds is 6. The number of benzene rings is 2. The van der Waals surface area contributed by atoms with Gasteiger partial charge in [-0.2, -0.15) is 0 Å². The van der Waals surface area contributed by atoms with Crippen LogP contribution in [0.5, 0.6) is 0 Å². The van der Waals surface area contributed by atoms with Crippen LogP contribution in [0.3, 0.4) is 0 Å². The first-order valence-corrected chi connectivity index (χ1v) is 8.29. The fraction of sp³-hybridized carbons (Fsp3) is 0.381. The zero-order valence-corrected chi connectivity index (χ0v) is 14.5. The molecule has 0 bridgehead atoms. The molecule has 0 aliphatic heterocycles. The van der Waals surface area contributed by atoms with Crippen molar-refractivity contribution in [3.05, 3.63) is 70.8 Å². The molecule has 2 aromatic rings. The Morgan fingerprint density at radius 1 is 0.870 bits per heavy atom. The fourth-order valence-electron chi connectivity index (χ4n) is 2.47. The lowest BCUT2D eigenvalue weighted by Crippen LogP contribution is -2.09. The molecule has 0 N–H and O–H groups in total. The summed E-state index contributed by atoms with van der Waals surface area (Å²) in [6, 6.07) is 16.3. The Labute approximate surface area is 139 Å². The van der Waals surface area contributed by atoms with Crippen molar-refractivity contribution in [3.8, 4) is 0 Å². The summed E-state index contributed by atoms with van der Waals surface area (Å²) in [4.78, 5) is 12.1. The minimum absolute atomic E-state index is 0.176. The second-order valence-corrected chi connectivity index (χ2v) is 6.64. The van der Waals surface area contributed by atoms with Crippen LogP contribution in [0, 0.1) is 0 Å². The molecule has 2 rings (SSSR count). The third kappa shape index (κ3) is 5.24. The highest BCUT2D eigenvalue weighted by atomic mass is 16.5. The predicted octanol–water partition coefficient (Wildman–Crippen LogP) is 5.22. The molecule has 0 radical (unpaired) electrons. The molecule has 2 heteroatoms. The van der Waals surface area contributed by atoms with Crippen molar-refractivity contribution in [1.82, 2.24) is 0 Å². The van der Waals surface area contributed by atoms with Crippen LogP contribution >= 0.6 is 0 Å². The Kier molecular flexibility index (Phi) is 5.97. The molecule has 0 heterocycles. The summed E-state index contributed by atoms with van der Waals surface area (Å²) in [6.45, 7) is 9.04. The lowest BCUT2D eigenvalue weighted by Gasteiger charge is -2.14. The number of carbonyl (C=O) groups is 1. The van der Waals surface area contributed by atoms with Crippen LogP contribution in [0.4, 0.5) is 0 Å². The molecule has 0 aliphatic rings. The molecule has 0 saturated carbocycles. The monoisotopic (exact) mass is 310 g/mol. The van der Waals surface area contributed by atoms with Crippen molar-refractivity contribution in [2.75, 3.05) is 0 Å². The van der Waals surface area contributed by atoms with Crippen LogP contribution in [0.1, 0.15) is 61.8 Å². The van der Waals surface area contributed by atoms with Crippen molar-refractivity contribution < 1.29 is 9.53 Å². The Balaban J connectivity index is 2.05. The molecule has 0 atom stereocenters.